The molecule has 0 bridgehead atoms. The Morgan fingerprint density at radius 2 is 2.00 bits per heavy atom. The highest BCUT2D eigenvalue weighted by atomic mass is 32.2. The lowest BCUT2D eigenvalue weighted by Gasteiger charge is -2.23. The Bertz CT molecular complexity index is 603. The van der Waals surface area contributed by atoms with Crippen molar-refractivity contribution in [1.29, 1.82) is 0 Å². The zero-order valence-electron chi connectivity index (χ0n) is 13.0. The van der Waals surface area contributed by atoms with Crippen LogP contribution in [-0.2, 0) is 9.59 Å². The van der Waals surface area contributed by atoms with Gasteiger partial charge in [0.1, 0.15) is 6.04 Å². The van der Waals surface area contributed by atoms with Crippen LogP contribution in [0, 0.1) is 12.8 Å². The maximum Gasteiger partial charge on any atom is 0.327 e. The molecule has 0 saturated carbocycles. The number of aryl methyl sites for hydroxylation is 1. The van der Waals surface area contributed by atoms with Crippen molar-refractivity contribution >= 4 is 40.5 Å². The number of carboxylic acid groups (broad SMARTS) is 1. The number of hydrogen-bond donors (Lipinski definition) is 1. The van der Waals surface area contributed by atoms with E-state index in [1.54, 1.807) is 19.1 Å². The van der Waals surface area contributed by atoms with Gasteiger partial charge in [0.15, 0.2) is 0 Å². The van der Waals surface area contributed by atoms with Crippen molar-refractivity contribution in [1.82, 2.24) is 4.90 Å². The number of thioether (sulfide) groups is 2. The van der Waals surface area contributed by atoms with E-state index in [0.717, 1.165) is 17.3 Å². The van der Waals surface area contributed by atoms with Crippen molar-refractivity contribution in [2.45, 2.75) is 19.9 Å². The molecule has 1 aliphatic heterocycles. The topological polar surface area (TPSA) is 74.7 Å². The van der Waals surface area contributed by atoms with Crippen LogP contribution in [-0.4, -0.2) is 50.4 Å². The fraction of sp³-hybridized carbons (Fsp3) is 0.438. The largest absolute Gasteiger partial charge is 0.480 e. The van der Waals surface area contributed by atoms with E-state index in [2.05, 4.69) is 0 Å². The molecular weight excluding hydrogens is 334 g/mol. The number of rotatable bonds is 5. The molecule has 0 spiro atoms. The molecule has 0 unspecified atom stereocenters. The van der Waals surface area contributed by atoms with Crippen LogP contribution < -0.4 is 0 Å². The Morgan fingerprint density at radius 1 is 1.35 bits per heavy atom. The first kappa shape index (κ1) is 17.9. The molecule has 23 heavy (non-hydrogen) atoms. The predicted octanol–water partition coefficient (Wildman–Crippen LogP) is 2.49. The smallest absolute Gasteiger partial charge is 0.327 e. The molecule has 1 fully saturated rings. The molecule has 124 valence electrons. The van der Waals surface area contributed by atoms with Gasteiger partial charge in [-0.25, -0.2) is 4.79 Å². The van der Waals surface area contributed by atoms with E-state index in [4.69, 9.17) is 5.11 Å². The summed E-state index contributed by atoms with van der Waals surface area (Å²) in [5.74, 6) is -0.403. The minimum absolute atomic E-state index is 0.0739. The molecular formula is C16H19NO4S2. The second-order valence-corrected chi connectivity index (χ2v) is 7.52. The molecule has 1 N–H and O–H groups in total. The van der Waals surface area contributed by atoms with Crippen LogP contribution in [0.4, 0.5) is 0 Å². The van der Waals surface area contributed by atoms with Crippen LogP contribution in [0.15, 0.2) is 24.3 Å². The second kappa shape index (κ2) is 7.88. The summed E-state index contributed by atoms with van der Waals surface area (Å²) in [6, 6.07) is 6.54. The number of hydrogen-bond acceptors (Lipinski definition) is 5. The van der Waals surface area contributed by atoms with E-state index in [1.807, 2.05) is 19.1 Å². The summed E-state index contributed by atoms with van der Waals surface area (Å²) in [6.07, 6.45) is 0. The molecule has 0 radical (unpaired) electrons. The van der Waals surface area contributed by atoms with Gasteiger partial charge in [0.05, 0.1) is 5.88 Å². The van der Waals surface area contributed by atoms with Crippen LogP contribution in [0.5, 0.6) is 0 Å². The summed E-state index contributed by atoms with van der Waals surface area (Å²) in [4.78, 5) is 37.0. The van der Waals surface area contributed by atoms with Crippen LogP contribution in [0.3, 0.4) is 0 Å². The lowest BCUT2D eigenvalue weighted by atomic mass is 10.1. The molecule has 1 amide bonds. The van der Waals surface area contributed by atoms with Crippen LogP contribution in [0.2, 0.25) is 0 Å². The summed E-state index contributed by atoms with van der Waals surface area (Å²) >= 11 is 2.54. The Labute approximate surface area is 143 Å². The van der Waals surface area contributed by atoms with Crippen molar-refractivity contribution < 1.29 is 19.5 Å². The maximum atomic E-state index is 12.4. The van der Waals surface area contributed by atoms with Gasteiger partial charge in [0.25, 0.3) is 0 Å². The number of nitrogens with zero attached hydrogens (tertiary/aromatic N) is 1. The van der Waals surface area contributed by atoms with Crippen molar-refractivity contribution in [3.05, 3.63) is 35.4 Å². The van der Waals surface area contributed by atoms with Gasteiger partial charge in [-0.15, -0.1) is 11.8 Å². The summed E-state index contributed by atoms with van der Waals surface area (Å²) < 4.78 is 0. The van der Waals surface area contributed by atoms with E-state index in [9.17, 15) is 14.4 Å². The van der Waals surface area contributed by atoms with Crippen molar-refractivity contribution in [3.63, 3.8) is 0 Å². The van der Waals surface area contributed by atoms with Gasteiger partial charge in [0, 0.05) is 23.0 Å². The van der Waals surface area contributed by atoms with E-state index < -0.39 is 17.9 Å². The normalized spacial score (nSPS) is 18.7. The van der Waals surface area contributed by atoms with Crippen molar-refractivity contribution in [2.24, 2.45) is 5.92 Å². The van der Waals surface area contributed by atoms with Crippen molar-refractivity contribution in [2.75, 3.05) is 17.4 Å². The fourth-order valence-electron chi connectivity index (χ4n) is 2.19. The Hall–Kier alpha value is -1.47. The average Bonchev–Trinajstić information content (AvgIpc) is 3.02. The summed E-state index contributed by atoms with van der Waals surface area (Å²) in [6.45, 7) is 3.69. The Kier molecular flexibility index (Phi) is 6.12. The predicted molar refractivity (Wildman–Crippen MR) is 92.7 cm³/mol. The lowest BCUT2D eigenvalue weighted by molar-refractivity contribution is -0.148. The minimum atomic E-state index is -0.973. The molecule has 0 aliphatic carbocycles. The maximum absolute atomic E-state index is 12.4. The van der Waals surface area contributed by atoms with Gasteiger partial charge < -0.3 is 10.0 Å². The number of aliphatic carboxylic acids is 1. The number of carbonyl (C=O) groups excluding carboxylic acids is 2. The first-order valence-corrected chi connectivity index (χ1v) is 9.39. The first-order chi connectivity index (χ1) is 10.9. The molecule has 1 heterocycles. The van der Waals surface area contributed by atoms with Crippen LogP contribution in [0.1, 0.15) is 22.8 Å². The van der Waals surface area contributed by atoms with Crippen LogP contribution >= 0.6 is 23.5 Å². The highest BCUT2D eigenvalue weighted by molar-refractivity contribution is 8.14. The molecule has 1 aromatic carbocycles. The number of benzene rings is 1. The quantitative estimate of drug-likeness (QED) is 0.877. The number of carbonyl (C=O) groups is 3. The first-order valence-electron chi connectivity index (χ1n) is 7.25. The monoisotopic (exact) mass is 353 g/mol. The molecule has 2 atom stereocenters. The van der Waals surface area contributed by atoms with Gasteiger partial charge in [-0.1, -0.05) is 48.5 Å². The van der Waals surface area contributed by atoms with Crippen molar-refractivity contribution in [3.8, 4) is 0 Å². The van der Waals surface area contributed by atoms with E-state index >= 15 is 0 Å². The summed E-state index contributed by atoms with van der Waals surface area (Å²) in [5, 5.41) is 9.06. The molecule has 7 heteroatoms. The van der Waals surface area contributed by atoms with Gasteiger partial charge in [-0.2, -0.15) is 0 Å². The van der Waals surface area contributed by atoms with Gasteiger partial charge in [0.2, 0.25) is 11.0 Å². The zero-order chi connectivity index (χ0) is 17.0. The summed E-state index contributed by atoms with van der Waals surface area (Å²) in [5.41, 5.74) is 1.70. The number of amides is 1. The highest BCUT2D eigenvalue weighted by Crippen LogP contribution is 2.25. The molecule has 1 saturated heterocycles. The number of carboxylic acids is 1. The second-order valence-electron chi connectivity index (χ2n) is 5.53. The molecule has 0 aromatic heterocycles. The third kappa shape index (κ3) is 4.51. The standard InChI is InChI=1S/C16H19NO4S2/c1-10-3-5-12(6-4-10)16(21)23-7-11(2)14(18)17-9-22-8-13(17)15(19)20/h3-6,11,13H,7-9H2,1-2H3,(H,19,20)/t11-,13+/m1/s1. The lowest BCUT2D eigenvalue weighted by Crippen LogP contribution is -2.44. The Balaban J connectivity index is 1.90. The average molecular weight is 353 g/mol. The Morgan fingerprint density at radius 3 is 2.61 bits per heavy atom. The molecule has 2 rings (SSSR count). The van der Waals surface area contributed by atoms with E-state index in [0.29, 0.717) is 22.9 Å². The summed E-state index contributed by atoms with van der Waals surface area (Å²) in [7, 11) is 0. The fourth-order valence-corrected chi connectivity index (χ4v) is 4.19. The minimum Gasteiger partial charge on any atom is -0.480 e. The SMILES string of the molecule is Cc1ccc(C(=O)SC[C@@H](C)C(=O)N2CSC[C@H]2C(=O)O)cc1. The molecule has 1 aromatic rings. The molecule has 5 nitrogen and oxygen atoms in total. The third-order valence-electron chi connectivity index (χ3n) is 3.62. The van der Waals surface area contributed by atoms with Gasteiger partial charge in [-0.05, 0) is 6.92 Å². The van der Waals surface area contributed by atoms with Gasteiger partial charge >= 0.3 is 5.97 Å². The van der Waals surface area contributed by atoms with Gasteiger partial charge in [-0.3, -0.25) is 9.59 Å². The van der Waals surface area contributed by atoms with Crippen LogP contribution in [0.25, 0.3) is 0 Å². The van der Waals surface area contributed by atoms with E-state index in [-0.39, 0.29) is 11.0 Å². The van der Waals surface area contributed by atoms with E-state index in [1.165, 1.54) is 16.7 Å². The third-order valence-corrected chi connectivity index (χ3v) is 5.80. The zero-order valence-corrected chi connectivity index (χ0v) is 14.7. The molecule has 1 aliphatic rings. The highest BCUT2D eigenvalue weighted by Gasteiger charge is 2.36.